The summed E-state index contributed by atoms with van der Waals surface area (Å²) in [6.07, 6.45) is 0. The summed E-state index contributed by atoms with van der Waals surface area (Å²) in [4.78, 5) is 0. The highest BCUT2D eigenvalue weighted by molar-refractivity contribution is 9.11. The van der Waals surface area contributed by atoms with E-state index < -0.39 is 0 Å². The van der Waals surface area contributed by atoms with Gasteiger partial charge in [0.1, 0.15) is 21.4 Å². The van der Waals surface area contributed by atoms with E-state index in [0.29, 0.717) is 0 Å². The van der Waals surface area contributed by atoms with Crippen molar-refractivity contribution in [1.29, 1.82) is 0 Å². The van der Waals surface area contributed by atoms with Gasteiger partial charge < -0.3 is 0 Å². The van der Waals surface area contributed by atoms with Crippen LogP contribution in [0.1, 0.15) is 0 Å². The van der Waals surface area contributed by atoms with E-state index in [0.717, 1.165) is 71.5 Å². The smallest absolute Gasteiger partial charge is 0.122 e. The zero-order valence-electron chi connectivity index (χ0n) is 19.3. The lowest BCUT2D eigenvalue weighted by Gasteiger charge is -2.08. The van der Waals surface area contributed by atoms with Gasteiger partial charge in [0.25, 0.3) is 0 Å². The molecule has 0 unspecified atom stereocenters. The molecule has 38 heavy (non-hydrogen) atoms. The molecule has 0 spiro atoms. The van der Waals surface area contributed by atoms with Crippen LogP contribution in [0.15, 0.2) is 103 Å². The monoisotopic (exact) mass is 750 g/mol. The van der Waals surface area contributed by atoms with Crippen molar-refractivity contribution >= 4 is 63.7 Å². The Bertz CT molecular complexity index is 2110. The standard InChI is InChI=1S/C28H14Br4N6/c29-19-11-5-12-20(30)27(19)37-25-17-9-3-4-10-18(17)26-24(16-8-2-1-7-15(16)23(25)33-35-37)34-36-38(26)28-21(31)13-6-14-22(28)32/h1-14H/b23-15+,24-16+,25-17+,26-18+. The largest absolute Gasteiger partial charge is 0.210 e. The molecule has 1 aliphatic carbocycles. The molecule has 6 nitrogen and oxygen atoms in total. The van der Waals surface area contributed by atoms with Crippen LogP contribution in [-0.2, 0) is 0 Å². The van der Waals surface area contributed by atoms with Crippen LogP contribution >= 0.6 is 63.7 Å². The predicted molar refractivity (Wildman–Crippen MR) is 157 cm³/mol. The molecule has 7 rings (SSSR count). The Morgan fingerprint density at radius 3 is 1.13 bits per heavy atom. The van der Waals surface area contributed by atoms with E-state index in [1.807, 2.05) is 70.0 Å². The van der Waals surface area contributed by atoms with Crippen LogP contribution in [0, 0.1) is 42.3 Å². The van der Waals surface area contributed by atoms with Crippen molar-refractivity contribution in [3.8, 4) is 11.4 Å². The van der Waals surface area contributed by atoms with Crippen molar-refractivity contribution in [2.24, 2.45) is 0 Å². The van der Waals surface area contributed by atoms with Gasteiger partial charge in [-0.25, -0.2) is 9.36 Å². The molecule has 2 aromatic heterocycles. The van der Waals surface area contributed by atoms with Crippen molar-refractivity contribution in [2.75, 3.05) is 0 Å². The maximum atomic E-state index is 4.72. The summed E-state index contributed by atoms with van der Waals surface area (Å²) in [7, 11) is 0. The maximum absolute atomic E-state index is 4.72. The Hall–Kier alpha value is -2.92. The second-order valence-electron chi connectivity index (χ2n) is 8.63. The lowest BCUT2D eigenvalue weighted by molar-refractivity contribution is 0.776. The predicted octanol–water partition coefficient (Wildman–Crippen LogP) is 7.36. The second kappa shape index (κ2) is 9.37. The third-order valence-electron chi connectivity index (χ3n) is 6.51. The SMILES string of the molecule is Brc1cccc(Br)c1-n1nnc2/c1=c1/cccc/c1=c1/c(nnn1-c1c(Br)cccc1Br)=c1/cccc/c1=2. The summed E-state index contributed by atoms with van der Waals surface area (Å²) >= 11 is 14.9. The first-order valence-electron chi connectivity index (χ1n) is 11.5. The van der Waals surface area contributed by atoms with E-state index in [4.69, 9.17) is 10.2 Å². The number of nitrogens with zero attached hydrogens (tertiary/aromatic N) is 6. The number of halogens is 4. The van der Waals surface area contributed by atoms with Crippen LogP contribution in [0.2, 0.25) is 0 Å². The molecule has 6 aromatic rings. The van der Waals surface area contributed by atoms with Gasteiger partial charge in [0.2, 0.25) is 0 Å². The highest BCUT2D eigenvalue weighted by Crippen LogP contribution is 2.30. The Morgan fingerprint density at radius 1 is 0.421 bits per heavy atom. The highest BCUT2D eigenvalue weighted by atomic mass is 79.9. The van der Waals surface area contributed by atoms with Crippen LogP contribution in [0.5, 0.6) is 0 Å². The molecular weight excluding hydrogens is 740 g/mol. The van der Waals surface area contributed by atoms with E-state index in [-0.39, 0.29) is 0 Å². The van der Waals surface area contributed by atoms with E-state index in [1.165, 1.54) is 0 Å². The number of fused-ring (bicyclic) bond motifs is 4. The first kappa shape index (κ1) is 24.1. The summed E-state index contributed by atoms with van der Waals surface area (Å²) < 4.78 is 7.39. The molecule has 1 aliphatic rings. The maximum Gasteiger partial charge on any atom is 0.122 e. The third kappa shape index (κ3) is 3.61. The van der Waals surface area contributed by atoms with Crippen molar-refractivity contribution in [3.05, 3.63) is 145 Å². The van der Waals surface area contributed by atoms with Gasteiger partial charge in [-0.15, -0.1) is 10.2 Å². The van der Waals surface area contributed by atoms with E-state index in [2.05, 4.69) is 98.4 Å². The fraction of sp³-hybridized carbons (Fsp3) is 0. The zero-order chi connectivity index (χ0) is 26.0. The Morgan fingerprint density at radius 2 is 0.763 bits per heavy atom. The van der Waals surface area contributed by atoms with Crippen molar-refractivity contribution in [1.82, 2.24) is 30.0 Å². The summed E-state index contributed by atoms with van der Waals surface area (Å²) in [6.45, 7) is 0. The van der Waals surface area contributed by atoms with Crippen molar-refractivity contribution < 1.29 is 0 Å². The number of hydrogen-bond acceptors (Lipinski definition) is 4. The number of para-hydroxylation sites is 2. The summed E-state index contributed by atoms with van der Waals surface area (Å²) in [5.74, 6) is 0. The number of benzene rings is 4. The molecule has 0 N–H and O–H groups in total. The number of rotatable bonds is 2. The Balaban J connectivity index is 1.89. The lowest BCUT2D eigenvalue weighted by Crippen LogP contribution is -2.03. The highest BCUT2D eigenvalue weighted by Gasteiger charge is 2.16. The first-order valence-corrected chi connectivity index (χ1v) is 14.7. The average molecular weight is 754 g/mol. The van der Waals surface area contributed by atoms with E-state index >= 15 is 0 Å². The topological polar surface area (TPSA) is 61.4 Å². The fourth-order valence-corrected chi connectivity index (χ4v) is 7.57. The van der Waals surface area contributed by atoms with Gasteiger partial charge >= 0.3 is 0 Å². The fourth-order valence-electron chi connectivity index (χ4n) is 4.90. The summed E-state index contributed by atoms with van der Waals surface area (Å²) in [5, 5.41) is 25.9. The van der Waals surface area contributed by atoms with Gasteiger partial charge in [-0.3, -0.25) is 0 Å². The lowest BCUT2D eigenvalue weighted by atomic mass is 10.1. The van der Waals surface area contributed by atoms with Gasteiger partial charge in [-0.1, -0.05) is 71.1 Å². The molecule has 0 fully saturated rings. The molecule has 0 saturated carbocycles. The zero-order valence-corrected chi connectivity index (χ0v) is 25.6. The van der Waals surface area contributed by atoms with Crippen molar-refractivity contribution in [2.45, 2.75) is 0 Å². The van der Waals surface area contributed by atoms with Gasteiger partial charge in [-0.2, -0.15) is 0 Å². The van der Waals surface area contributed by atoms with E-state index in [9.17, 15) is 0 Å². The Kier molecular flexibility index (Phi) is 5.95. The van der Waals surface area contributed by atoms with Crippen LogP contribution < -0.4 is 0 Å². The first-order chi connectivity index (χ1) is 18.5. The molecule has 4 aromatic carbocycles. The second-order valence-corrected chi connectivity index (χ2v) is 12.0. The van der Waals surface area contributed by atoms with Gasteiger partial charge in [-0.05, 0) is 88.0 Å². The minimum absolute atomic E-state index is 0.776. The molecule has 0 radical (unpaired) electrons. The molecule has 0 atom stereocenters. The van der Waals surface area contributed by atoms with Gasteiger partial charge in [0, 0.05) is 38.8 Å². The van der Waals surface area contributed by atoms with E-state index in [1.54, 1.807) is 0 Å². The molecule has 0 aliphatic heterocycles. The normalized spacial score (nSPS) is 15.5. The van der Waals surface area contributed by atoms with Crippen LogP contribution in [0.25, 0.3) is 11.4 Å². The molecule has 0 amide bonds. The minimum Gasteiger partial charge on any atom is -0.210 e. The molecule has 10 heteroatoms. The average Bonchev–Trinajstić information content (AvgIpc) is 3.52. The number of aromatic nitrogens is 6. The van der Waals surface area contributed by atoms with Crippen LogP contribution in [-0.4, -0.2) is 30.0 Å². The molecule has 0 bridgehead atoms. The molecule has 2 heterocycles. The quantitative estimate of drug-likeness (QED) is 0.185. The molecule has 0 saturated heterocycles. The van der Waals surface area contributed by atoms with Gasteiger partial charge in [0.15, 0.2) is 0 Å². The molecular formula is C28H14Br4N6. The Labute approximate surface area is 248 Å². The minimum atomic E-state index is 0.776. The number of hydrogen-bond donors (Lipinski definition) is 0. The summed E-state index contributed by atoms with van der Waals surface area (Å²) in [5.41, 5.74) is 1.74. The van der Waals surface area contributed by atoms with Crippen LogP contribution in [0.3, 0.4) is 0 Å². The van der Waals surface area contributed by atoms with Crippen molar-refractivity contribution in [3.63, 3.8) is 0 Å². The third-order valence-corrected chi connectivity index (χ3v) is 9.07. The van der Waals surface area contributed by atoms with Gasteiger partial charge in [0.05, 0.1) is 11.4 Å². The molecule has 184 valence electrons. The van der Waals surface area contributed by atoms with Crippen LogP contribution in [0.4, 0.5) is 0 Å². The summed E-state index contributed by atoms with van der Waals surface area (Å²) in [6, 6.07) is 28.4.